The van der Waals surface area contributed by atoms with E-state index in [9.17, 15) is 0 Å². The third-order valence-corrected chi connectivity index (χ3v) is 8.08. The van der Waals surface area contributed by atoms with E-state index in [-0.39, 0.29) is 0 Å². The maximum atomic E-state index is 5.92. The fraction of sp³-hybridized carbons (Fsp3) is 1.00. The third-order valence-electron chi connectivity index (χ3n) is 3.46. The zero-order chi connectivity index (χ0) is 13.1. The van der Waals surface area contributed by atoms with E-state index in [1.165, 1.54) is 32.3 Å². The van der Waals surface area contributed by atoms with Crippen molar-refractivity contribution in [2.75, 3.05) is 39.0 Å². The van der Waals surface area contributed by atoms with E-state index in [0.717, 1.165) is 6.61 Å². The lowest BCUT2D eigenvalue weighted by atomic mass is 10.4. The molecule has 0 saturated carbocycles. The van der Waals surface area contributed by atoms with Crippen molar-refractivity contribution in [3.63, 3.8) is 0 Å². The van der Waals surface area contributed by atoms with E-state index in [1.807, 2.05) is 0 Å². The molecule has 1 saturated heterocycles. The topological polar surface area (TPSA) is 15.7 Å². The van der Waals surface area contributed by atoms with Gasteiger partial charge in [-0.05, 0) is 20.0 Å². The molecule has 1 fully saturated rings. The Morgan fingerprint density at radius 1 is 0.941 bits per heavy atom. The second kappa shape index (κ2) is 5.97. The van der Waals surface area contributed by atoms with Crippen LogP contribution in [0.1, 0.15) is 6.92 Å². The van der Waals surface area contributed by atoms with Crippen molar-refractivity contribution < 1.29 is 4.43 Å². The van der Waals surface area contributed by atoms with Gasteiger partial charge < -0.3 is 13.9 Å². The average Bonchev–Trinajstić information content (AvgIpc) is 2.16. The number of rotatable bonds is 5. The van der Waals surface area contributed by atoms with Crippen molar-refractivity contribution in [2.45, 2.75) is 39.7 Å². The molecule has 0 aromatic heterocycles. The van der Waals surface area contributed by atoms with Gasteiger partial charge in [-0.3, -0.25) is 0 Å². The summed E-state index contributed by atoms with van der Waals surface area (Å²) in [5, 5.41) is 0. The first kappa shape index (κ1) is 15.4. The quantitative estimate of drug-likeness (QED) is 0.715. The van der Waals surface area contributed by atoms with Crippen molar-refractivity contribution in [2.24, 2.45) is 0 Å². The molecule has 0 aromatic carbocycles. The summed E-state index contributed by atoms with van der Waals surface area (Å²) in [7, 11) is -2.51. The molecule has 1 aliphatic heterocycles. The second-order valence-corrected chi connectivity index (χ2v) is 15.7. The Bertz CT molecular complexity index is 233. The lowest BCUT2D eigenvalue weighted by Crippen LogP contribution is -2.58. The van der Waals surface area contributed by atoms with Gasteiger partial charge in [-0.15, -0.1) is 0 Å². The van der Waals surface area contributed by atoms with Crippen molar-refractivity contribution in [3.8, 4) is 0 Å². The van der Waals surface area contributed by atoms with Crippen molar-refractivity contribution in [1.29, 1.82) is 0 Å². The molecule has 102 valence electrons. The van der Waals surface area contributed by atoms with E-state index in [2.05, 4.69) is 49.1 Å². The zero-order valence-corrected chi connectivity index (χ0v) is 14.5. The Morgan fingerprint density at radius 2 is 1.47 bits per heavy atom. The highest BCUT2D eigenvalue weighted by molar-refractivity contribution is 6.73. The molecule has 17 heavy (non-hydrogen) atoms. The monoisotopic (exact) mass is 274 g/mol. The minimum Gasteiger partial charge on any atom is -0.416 e. The highest BCUT2D eigenvalue weighted by Gasteiger charge is 2.31. The van der Waals surface area contributed by atoms with Crippen molar-refractivity contribution in [3.05, 3.63) is 0 Å². The molecule has 0 aliphatic carbocycles. The Hall–Kier alpha value is 0.314. The molecular formula is C12H30N2OSi2. The summed E-state index contributed by atoms with van der Waals surface area (Å²) in [6, 6.07) is 0. The van der Waals surface area contributed by atoms with Crippen LogP contribution in [0.15, 0.2) is 0 Å². The number of hydrogen-bond acceptors (Lipinski definition) is 3. The van der Waals surface area contributed by atoms with Crippen LogP contribution in [0.25, 0.3) is 0 Å². The molecule has 1 rings (SSSR count). The van der Waals surface area contributed by atoms with Gasteiger partial charge in [0.25, 0.3) is 0 Å². The Labute approximate surface area is 109 Å². The largest absolute Gasteiger partial charge is 0.416 e. The van der Waals surface area contributed by atoms with Gasteiger partial charge in [0.2, 0.25) is 0 Å². The van der Waals surface area contributed by atoms with E-state index in [1.54, 1.807) is 0 Å². The number of nitrogens with zero attached hydrogens (tertiary/aromatic N) is 2. The molecule has 0 aromatic rings. The molecule has 0 atom stereocenters. The van der Waals surface area contributed by atoms with Crippen molar-refractivity contribution in [1.82, 2.24) is 9.47 Å². The van der Waals surface area contributed by atoms with Gasteiger partial charge in [0, 0.05) is 39.0 Å². The lowest BCUT2D eigenvalue weighted by Gasteiger charge is -2.42. The molecule has 0 spiro atoms. The fourth-order valence-corrected chi connectivity index (χ4v) is 6.36. The fourth-order valence-electron chi connectivity index (χ4n) is 2.55. The Kier molecular flexibility index (Phi) is 5.40. The molecule has 5 heteroatoms. The summed E-state index contributed by atoms with van der Waals surface area (Å²) >= 11 is 0. The SMILES string of the molecule is CCO[Si](C)(C)CN1CCN([Si](C)(C)C)CC1. The molecule has 0 bridgehead atoms. The average molecular weight is 275 g/mol. The van der Waals surface area contributed by atoms with Gasteiger partial charge in [0.1, 0.15) is 8.24 Å². The summed E-state index contributed by atoms with van der Waals surface area (Å²) in [6.07, 6.45) is 1.19. The highest BCUT2D eigenvalue weighted by Crippen LogP contribution is 2.15. The van der Waals surface area contributed by atoms with Crippen molar-refractivity contribution >= 4 is 16.6 Å². The van der Waals surface area contributed by atoms with Gasteiger partial charge in [0.05, 0.1) is 0 Å². The first-order chi connectivity index (χ1) is 7.74. The van der Waals surface area contributed by atoms with Crippen LogP contribution in [-0.4, -0.2) is 65.0 Å². The van der Waals surface area contributed by atoms with Crippen LogP contribution in [0.3, 0.4) is 0 Å². The predicted octanol–water partition coefficient (Wildman–Crippen LogP) is 2.22. The van der Waals surface area contributed by atoms with Gasteiger partial charge in [0.15, 0.2) is 8.32 Å². The summed E-state index contributed by atoms with van der Waals surface area (Å²) in [6.45, 7) is 20.0. The van der Waals surface area contributed by atoms with E-state index in [4.69, 9.17) is 4.43 Å². The van der Waals surface area contributed by atoms with Crippen LogP contribution in [0.2, 0.25) is 32.7 Å². The van der Waals surface area contributed by atoms with Crippen LogP contribution in [-0.2, 0) is 4.43 Å². The third kappa shape index (κ3) is 5.22. The maximum absolute atomic E-state index is 5.92. The molecular weight excluding hydrogens is 244 g/mol. The van der Waals surface area contributed by atoms with E-state index in [0.29, 0.717) is 0 Å². The maximum Gasteiger partial charge on any atom is 0.200 e. The molecule has 1 aliphatic rings. The Balaban J connectivity index is 2.37. The standard InChI is InChI=1S/C12H30N2OSi2/c1-7-15-17(5,6)12-13-8-10-14(11-9-13)16(2,3)4/h7-12H2,1-6H3. The number of hydrogen-bond donors (Lipinski definition) is 0. The normalized spacial score (nSPS) is 20.8. The lowest BCUT2D eigenvalue weighted by molar-refractivity contribution is 0.193. The van der Waals surface area contributed by atoms with Crippen LogP contribution in [0.4, 0.5) is 0 Å². The van der Waals surface area contributed by atoms with Gasteiger partial charge in [-0.25, -0.2) is 0 Å². The molecule has 0 unspecified atom stereocenters. The highest BCUT2D eigenvalue weighted by atomic mass is 28.4. The molecule has 1 heterocycles. The van der Waals surface area contributed by atoms with Gasteiger partial charge >= 0.3 is 0 Å². The Morgan fingerprint density at radius 3 is 1.88 bits per heavy atom. The molecule has 0 radical (unpaired) electrons. The smallest absolute Gasteiger partial charge is 0.200 e. The molecule has 3 nitrogen and oxygen atoms in total. The minimum atomic E-state index is -1.44. The second-order valence-electron chi connectivity index (χ2n) is 6.63. The first-order valence-corrected chi connectivity index (χ1v) is 13.4. The summed E-state index contributed by atoms with van der Waals surface area (Å²) < 4.78 is 8.64. The molecule has 0 amide bonds. The van der Waals surface area contributed by atoms with Gasteiger partial charge in [-0.1, -0.05) is 19.6 Å². The van der Waals surface area contributed by atoms with E-state index < -0.39 is 16.6 Å². The summed E-state index contributed by atoms with van der Waals surface area (Å²) in [4.78, 5) is 2.61. The molecule has 0 N–H and O–H groups in total. The van der Waals surface area contributed by atoms with Crippen LogP contribution < -0.4 is 0 Å². The predicted molar refractivity (Wildman–Crippen MR) is 80.5 cm³/mol. The van der Waals surface area contributed by atoms with E-state index >= 15 is 0 Å². The van der Waals surface area contributed by atoms with Gasteiger partial charge in [-0.2, -0.15) is 0 Å². The minimum absolute atomic E-state index is 0.869. The number of piperazine rings is 1. The first-order valence-electron chi connectivity index (χ1n) is 6.86. The van der Waals surface area contributed by atoms with Crippen LogP contribution >= 0.6 is 0 Å². The summed E-state index contributed by atoms with van der Waals surface area (Å²) in [5.74, 6) is 0. The van der Waals surface area contributed by atoms with Crippen LogP contribution in [0.5, 0.6) is 0 Å². The van der Waals surface area contributed by atoms with Crippen LogP contribution in [0, 0.1) is 0 Å². The zero-order valence-electron chi connectivity index (χ0n) is 12.5. The summed E-state index contributed by atoms with van der Waals surface area (Å²) in [5.41, 5.74) is 0.